The second-order valence-electron chi connectivity index (χ2n) is 6.96. The Morgan fingerprint density at radius 1 is 1.05 bits per heavy atom. The molecule has 0 aliphatic rings. The first-order chi connectivity index (χ1) is 10.1. The van der Waals surface area contributed by atoms with Crippen LogP contribution in [0, 0.1) is 11.8 Å². The van der Waals surface area contributed by atoms with Crippen LogP contribution in [-0.2, 0) is 13.1 Å². The SMILES string of the molecule is CC(C)CCCn1ccc2ccc(CNCC(C)C)cc21. The molecule has 0 spiro atoms. The highest BCUT2D eigenvalue weighted by Crippen LogP contribution is 2.19. The summed E-state index contributed by atoms with van der Waals surface area (Å²) < 4.78 is 2.41. The molecule has 1 N–H and O–H groups in total. The smallest absolute Gasteiger partial charge is 0.0483 e. The zero-order chi connectivity index (χ0) is 15.2. The van der Waals surface area contributed by atoms with Gasteiger partial charge in [0, 0.05) is 24.8 Å². The lowest BCUT2D eigenvalue weighted by molar-refractivity contribution is 0.517. The molecular formula is C19H30N2. The van der Waals surface area contributed by atoms with Crippen molar-refractivity contribution >= 4 is 10.9 Å². The molecule has 1 heterocycles. The Hall–Kier alpha value is -1.28. The number of fused-ring (bicyclic) bond motifs is 1. The fraction of sp³-hybridized carbons (Fsp3) is 0.579. The van der Waals surface area contributed by atoms with Crippen LogP contribution in [0.1, 0.15) is 46.1 Å². The van der Waals surface area contributed by atoms with Crippen molar-refractivity contribution in [3.63, 3.8) is 0 Å². The van der Waals surface area contributed by atoms with Crippen molar-refractivity contribution in [1.82, 2.24) is 9.88 Å². The molecule has 1 aromatic heterocycles. The summed E-state index contributed by atoms with van der Waals surface area (Å²) in [6, 6.07) is 9.07. The quantitative estimate of drug-likeness (QED) is 0.736. The molecule has 2 heteroatoms. The molecule has 2 nitrogen and oxygen atoms in total. The highest BCUT2D eigenvalue weighted by molar-refractivity contribution is 5.80. The summed E-state index contributed by atoms with van der Waals surface area (Å²) in [5.74, 6) is 1.50. The third-order valence-corrected chi connectivity index (χ3v) is 3.90. The predicted molar refractivity (Wildman–Crippen MR) is 92.6 cm³/mol. The zero-order valence-corrected chi connectivity index (χ0v) is 14.0. The van der Waals surface area contributed by atoms with Crippen LogP contribution >= 0.6 is 0 Å². The molecule has 0 aliphatic heterocycles. The van der Waals surface area contributed by atoms with Crippen LogP contribution in [0.3, 0.4) is 0 Å². The molecule has 2 rings (SSSR count). The molecule has 0 aliphatic carbocycles. The monoisotopic (exact) mass is 286 g/mol. The molecule has 116 valence electrons. The van der Waals surface area contributed by atoms with Gasteiger partial charge in [-0.25, -0.2) is 0 Å². The molecule has 0 saturated heterocycles. The van der Waals surface area contributed by atoms with E-state index in [9.17, 15) is 0 Å². The Labute approximate surface area is 129 Å². The summed E-state index contributed by atoms with van der Waals surface area (Å²) in [6.45, 7) is 12.3. The second kappa shape index (κ2) is 7.65. The average molecular weight is 286 g/mol. The second-order valence-corrected chi connectivity index (χ2v) is 6.96. The molecule has 0 amide bonds. The van der Waals surface area contributed by atoms with Gasteiger partial charge in [0.15, 0.2) is 0 Å². The first-order valence-electron chi connectivity index (χ1n) is 8.34. The van der Waals surface area contributed by atoms with Gasteiger partial charge in [0.25, 0.3) is 0 Å². The van der Waals surface area contributed by atoms with E-state index in [-0.39, 0.29) is 0 Å². The fourth-order valence-corrected chi connectivity index (χ4v) is 2.71. The van der Waals surface area contributed by atoms with Crippen molar-refractivity contribution in [2.24, 2.45) is 11.8 Å². The highest BCUT2D eigenvalue weighted by Gasteiger charge is 2.03. The topological polar surface area (TPSA) is 17.0 Å². The third kappa shape index (κ3) is 4.89. The first-order valence-corrected chi connectivity index (χ1v) is 8.34. The van der Waals surface area contributed by atoms with Crippen LogP contribution in [0.2, 0.25) is 0 Å². The van der Waals surface area contributed by atoms with E-state index in [1.807, 2.05) is 0 Å². The summed E-state index contributed by atoms with van der Waals surface area (Å²) in [7, 11) is 0. The predicted octanol–water partition coefficient (Wildman–Crippen LogP) is 4.82. The largest absolute Gasteiger partial charge is 0.347 e. The van der Waals surface area contributed by atoms with Gasteiger partial charge in [-0.1, -0.05) is 39.8 Å². The van der Waals surface area contributed by atoms with E-state index < -0.39 is 0 Å². The van der Waals surface area contributed by atoms with Gasteiger partial charge in [-0.2, -0.15) is 0 Å². The van der Waals surface area contributed by atoms with Gasteiger partial charge >= 0.3 is 0 Å². The molecule has 21 heavy (non-hydrogen) atoms. The normalized spacial score (nSPS) is 11.9. The molecule has 0 radical (unpaired) electrons. The Kier molecular flexibility index (Phi) is 5.86. The number of hydrogen-bond acceptors (Lipinski definition) is 1. The zero-order valence-electron chi connectivity index (χ0n) is 14.0. The van der Waals surface area contributed by atoms with Crippen molar-refractivity contribution in [3.8, 4) is 0 Å². The van der Waals surface area contributed by atoms with E-state index in [0.717, 1.165) is 25.6 Å². The van der Waals surface area contributed by atoms with Crippen LogP contribution in [-0.4, -0.2) is 11.1 Å². The van der Waals surface area contributed by atoms with Crippen LogP contribution in [0.25, 0.3) is 10.9 Å². The van der Waals surface area contributed by atoms with E-state index in [4.69, 9.17) is 0 Å². The number of nitrogens with zero attached hydrogens (tertiary/aromatic N) is 1. The van der Waals surface area contributed by atoms with Crippen molar-refractivity contribution in [2.75, 3.05) is 6.54 Å². The molecule has 2 aromatic rings. The lowest BCUT2D eigenvalue weighted by atomic mass is 10.1. The maximum Gasteiger partial charge on any atom is 0.0483 e. The van der Waals surface area contributed by atoms with Crippen molar-refractivity contribution in [2.45, 2.75) is 53.6 Å². The Balaban J connectivity index is 2.02. The van der Waals surface area contributed by atoms with E-state index in [2.05, 4.69) is 68.0 Å². The molecule has 0 fully saturated rings. The van der Waals surface area contributed by atoms with E-state index >= 15 is 0 Å². The Morgan fingerprint density at radius 2 is 1.86 bits per heavy atom. The molecule has 0 bridgehead atoms. The minimum Gasteiger partial charge on any atom is -0.347 e. The van der Waals surface area contributed by atoms with Crippen LogP contribution in [0.4, 0.5) is 0 Å². The number of aromatic nitrogens is 1. The van der Waals surface area contributed by atoms with Gasteiger partial charge < -0.3 is 9.88 Å². The van der Waals surface area contributed by atoms with Crippen molar-refractivity contribution < 1.29 is 0 Å². The van der Waals surface area contributed by atoms with Gasteiger partial charge in [0.1, 0.15) is 0 Å². The Bertz CT molecular complexity index is 552. The molecular weight excluding hydrogens is 256 g/mol. The maximum atomic E-state index is 3.53. The van der Waals surface area contributed by atoms with Crippen molar-refractivity contribution in [3.05, 3.63) is 36.0 Å². The van der Waals surface area contributed by atoms with Gasteiger partial charge in [-0.05, 0) is 54.3 Å². The lowest BCUT2D eigenvalue weighted by Gasteiger charge is -2.10. The van der Waals surface area contributed by atoms with Gasteiger partial charge in [-0.15, -0.1) is 0 Å². The van der Waals surface area contributed by atoms with Crippen molar-refractivity contribution in [1.29, 1.82) is 0 Å². The fourth-order valence-electron chi connectivity index (χ4n) is 2.71. The number of aryl methyl sites for hydroxylation is 1. The molecule has 0 saturated carbocycles. The minimum absolute atomic E-state index is 0.702. The summed E-state index contributed by atoms with van der Waals surface area (Å²) in [5, 5.41) is 4.88. The average Bonchev–Trinajstić information content (AvgIpc) is 2.81. The third-order valence-electron chi connectivity index (χ3n) is 3.90. The summed E-state index contributed by atoms with van der Waals surface area (Å²) in [5.41, 5.74) is 2.76. The van der Waals surface area contributed by atoms with E-state index in [0.29, 0.717) is 5.92 Å². The summed E-state index contributed by atoms with van der Waals surface area (Å²) in [4.78, 5) is 0. The maximum absolute atomic E-state index is 3.53. The van der Waals surface area contributed by atoms with E-state index in [1.54, 1.807) is 0 Å². The molecule has 0 unspecified atom stereocenters. The van der Waals surface area contributed by atoms with Crippen LogP contribution in [0.15, 0.2) is 30.5 Å². The number of hydrogen-bond donors (Lipinski definition) is 1. The van der Waals surface area contributed by atoms with Gasteiger partial charge in [0.05, 0.1) is 0 Å². The van der Waals surface area contributed by atoms with Gasteiger partial charge in [-0.3, -0.25) is 0 Å². The van der Waals surface area contributed by atoms with Crippen LogP contribution < -0.4 is 5.32 Å². The number of rotatable bonds is 8. The van der Waals surface area contributed by atoms with Crippen LogP contribution in [0.5, 0.6) is 0 Å². The summed E-state index contributed by atoms with van der Waals surface area (Å²) >= 11 is 0. The Morgan fingerprint density at radius 3 is 2.57 bits per heavy atom. The number of nitrogens with one attached hydrogen (secondary N) is 1. The summed E-state index contributed by atoms with van der Waals surface area (Å²) in [6.07, 6.45) is 4.79. The van der Waals surface area contributed by atoms with Gasteiger partial charge in [0.2, 0.25) is 0 Å². The standard InChI is InChI=1S/C19H30N2/c1-15(2)6-5-10-21-11-9-18-8-7-17(12-19(18)21)14-20-13-16(3)4/h7-9,11-12,15-16,20H,5-6,10,13-14H2,1-4H3. The molecule has 1 aromatic carbocycles. The number of benzene rings is 1. The van der Waals surface area contributed by atoms with E-state index in [1.165, 1.54) is 29.3 Å². The molecule has 0 atom stereocenters. The lowest BCUT2D eigenvalue weighted by Crippen LogP contribution is -2.18. The minimum atomic E-state index is 0.702. The highest BCUT2D eigenvalue weighted by atomic mass is 14.9. The first kappa shape index (κ1) is 16.1.